The summed E-state index contributed by atoms with van der Waals surface area (Å²) in [6.45, 7) is 2.11. The van der Waals surface area contributed by atoms with Crippen LogP contribution in [0.2, 0.25) is 6.82 Å². The summed E-state index contributed by atoms with van der Waals surface area (Å²) in [6, 6.07) is 7.45. The first-order valence-electron chi connectivity index (χ1n) is 4.03. The van der Waals surface area contributed by atoms with E-state index in [-0.39, 0.29) is 5.24 Å². The molecule has 0 aromatic heterocycles. The van der Waals surface area contributed by atoms with Gasteiger partial charge < -0.3 is 0 Å². The van der Waals surface area contributed by atoms with Gasteiger partial charge in [0, 0.05) is 5.56 Å². The largest absolute Gasteiger partial charge is 0.276 e. The van der Waals surface area contributed by atoms with Gasteiger partial charge in [-0.25, -0.2) is 0 Å². The van der Waals surface area contributed by atoms with Crippen LogP contribution in [0, 0.1) is 0 Å². The highest BCUT2D eigenvalue weighted by molar-refractivity contribution is 6.67. The molecular formula is C9H10BClO. The highest BCUT2D eigenvalue weighted by atomic mass is 35.5. The van der Waals surface area contributed by atoms with E-state index >= 15 is 0 Å². The standard InChI is InChI=1S/C9H10BClO/c1-10-6-7-3-2-4-8(5-7)9(11)12/h2-5,10H,6H2,1H3. The van der Waals surface area contributed by atoms with Crippen molar-refractivity contribution in [3.8, 4) is 0 Å². The Hall–Kier alpha value is -0.755. The lowest BCUT2D eigenvalue weighted by molar-refractivity contribution is 0.108. The van der Waals surface area contributed by atoms with E-state index in [0.29, 0.717) is 5.56 Å². The van der Waals surface area contributed by atoms with Crippen molar-refractivity contribution in [1.29, 1.82) is 0 Å². The number of benzene rings is 1. The molecule has 0 N–H and O–H groups in total. The Morgan fingerprint density at radius 3 is 2.92 bits per heavy atom. The Labute approximate surface area is 78.0 Å². The first-order chi connectivity index (χ1) is 5.74. The van der Waals surface area contributed by atoms with Crippen molar-refractivity contribution in [2.45, 2.75) is 13.1 Å². The van der Waals surface area contributed by atoms with Crippen molar-refractivity contribution in [2.75, 3.05) is 0 Å². The molecule has 1 aromatic carbocycles. The Balaban J connectivity index is 2.88. The summed E-state index contributed by atoms with van der Waals surface area (Å²) in [5.74, 6) is 0. The third-order valence-electron chi connectivity index (χ3n) is 1.69. The monoisotopic (exact) mass is 180 g/mol. The van der Waals surface area contributed by atoms with Crippen molar-refractivity contribution in [3.63, 3.8) is 0 Å². The molecule has 0 heterocycles. The van der Waals surface area contributed by atoms with Crippen LogP contribution in [-0.4, -0.2) is 12.5 Å². The molecule has 0 saturated heterocycles. The van der Waals surface area contributed by atoms with Gasteiger partial charge in [0.05, 0.1) is 0 Å². The van der Waals surface area contributed by atoms with Gasteiger partial charge in [-0.1, -0.05) is 36.9 Å². The fourth-order valence-electron chi connectivity index (χ4n) is 1.14. The van der Waals surface area contributed by atoms with E-state index in [1.807, 2.05) is 18.2 Å². The minimum Gasteiger partial charge on any atom is -0.276 e. The number of hydrogen-bond acceptors (Lipinski definition) is 1. The lowest BCUT2D eigenvalue weighted by Crippen LogP contribution is -1.94. The summed E-state index contributed by atoms with van der Waals surface area (Å²) >= 11 is 5.34. The summed E-state index contributed by atoms with van der Waals surface area (Å²) < 4.78 is 0. The number of carbonyl (C=O) groups is 1. The van der Waals surface area contributed by atoms with E-state index in [1.165, 1.54) is 5.56 Å². The Morgan fingerprint density at radius 2 is 2.33 bits per heavy atom. The maximum absolute atomic E-state index is 10.8. The molecule has 0 aliphatic rings. The van der Waals surface area contributed by atoms with Crippen molar-refractivity contribution < 1.29 is 4.79 Å². The molecular weight excluding hydrogens is 170 g/mol. The van der Waals surface area contributed by atoms with Crippen molar-refractivity contribution in [3.05, 3.63) is 35.4 Å². The first-order valence-corrected chi connectivity index (χ1v) is 4.40. The molecule has 0 aliphatic carbocycles. The van der Waals surface area contributed by atoms with Gasteiger partial charge in [-0.15, -0.1) is 0 Å². The van der Waals surface area contributed by atoms with Crippen molar-refractivity contribution >= 4 is 24.1 Å². The fraction of sp³-hybridized carbons (Fsp3) is 0.222. The molecule has 0 spiro atoms. The van der Waals surface area contributed by atoms with Crippen molar-refractivity contribution in [2.24, 2.45) is 0 Å². The zero-order valence-electron chi connectivity index (χ0n) is 7.01. The Kier molecular flexibility index (Phi) is 3.36. The number of rotatable bonds is 3. The van der Waals surface area contributed by atoms with E-state index in [1.54, 1.807) is 6.07 Å². The third kappa shape index (κ3) is 2.38. The predicted molar refractivity (Wildman–Crippen MR) is 53.3 cm³/mol. The zero-order valence-corrected chi connectivity index (χ0v) is 7.77. The molecule has 1 aromatic rings. The van der Waals surface area contributed by atoms with E-state index in [2.05, 4.69) is 6.82 Å². The van der Waals surface area contributed by atoms with Gasteiger partial charge in [0.15, 0.2) is 0 Å². The molecule has 0 atom stereocenters. The van der Waals surface area contributed by atoms with Gasteiger partial charge in [0.1, 0.15) is 7.28 Å². The fourth-order valence-corrected chi connectivity index (χ4v) is 1.26. The molecule has 62 valence electrons. The highest BCUT2D eigenvalue weighted by Crippen LogP contribution is 2.07. The summed E-state index contributed by atoms with van der Waals surface area (Å²) in [7, 11) is 1.08. The summed E-state index contributed by atoms with van der Waals surface area (Å²) in [5.41, 5.74) is 1.76. The number of halogens is 1. The van der Waals surface area contributed by atoms with Gasteiger partial charge in [-0.05, 0) is 17.7 Å². The average molecular weight is 180 g/mol. The minimum atomic E-state index is -0.382. The van der Waals surface area contributed by atoms with E-state index in [4.69, 9.17) is 11.6 Å². The molecule has 0 radical (unpaired) electrons. The molecule has 0 amide bonds. The van der Waals surface area contributed by atoms with Crippen LogP contribution in [0.3, 0.4) is 0 Å². The van der Waals surface area contributed by atoms with Crippen molar-refractivity contribution in [1.82, 2.24) is 0 Å². The number of carbonyl (C=O) groups excluding carboxylic acids is 1. The van der Waals surface area contributed by atoms with Crippen LogP contribution in [0.15, 0.2) is 24.3 Å². The highest BCUT2D eigenvalue weighted by Gasteiger charge is 2.01. The lowest BCUT2D eigenvalue weighted by atomic mass is 9.75. The first kappa shape index (κ1) is 9.33. The van der Waals surface area contributed by atoms with Gasteiger partial charge in [0.2, 0.25) is 0 Å². The Bertz CT molecular complexity index is 286. The minimum absolute atomic E-state index is 0.382. The molecule has 12 heavy (non-hydrogen) atoms. The van der Waals surface area contributed by atoms with Gasteiger partial charge in [-0.3, -0.25) is 4.79 Å². The van der Waals surface area contributed by atoms with Crippen LogP contribution in [0.5, 0.6) is 0 Å². The maximum Gasteiger partial charge on any atom is 0.252 e. The van der Waals surface area contributed by atoms with E-state index < -0.39 is 0 Å². The summed E-state index contributed by atoms with van der Waals surface area (Å²) in [6.07, 6.45) is 0.998. The third-order valence-corrected chi connectivity index (χ3v) is 1.91. The quantitative estimate of drug-likeness (QED) is 0.514. The second-order valence-corrected chi connectivity index (χ2v) is 3.07. The normalized spacial score (nSPS) is 9.50. The second kappa shape index (κ2) is 4.32. The predicted octanol–water partition coefficient (Wildman–Crippen LogP) is 2.05. The summed E-state index contributed by atoms with van der Waals surface area (Å²) in [5, 5.41) is -0.382. The average Bonchev–Trinajstić information content (AvgIpc) is 2.05. The smallest absolute Gasteiger partial charge is 0.252 e. The van der Waals surface area contributed by atoms with Gasteiger partial charge in [-0.2, -0.15) is 0 Å². The molecule has 0 aliphatic heterocycles. The second-order valence-electron chi connectivity index (χ2n) is 2.72. The number of hydrogen-bond donors (Lipinski definition) is 0. The molecule has 0 saturated carbocycles. The molecule has 3 heteroatoms. The molecule has 1 rings (SSSR count). The molecule has 1 nitrogen and oxygen atoms in total. The van der Waals surface area contributed by atoms with Crippen LogP contribution in [0.4, 0.5) is 0 Å². The Morgan fingerprint density at radius 1 is 1.58 bits per heavy atom. The van der Waals surface area contributed by atoms with E-state index in [0.717, 1.165) is 13.6 Å². The lowest BCUT2D eigenvalue weighted by Gasteiger charge is -1.98. The zero-order chi connectivity index (χ0) is 8.97. The molecule has 0 fully saturated rings. The van der Waals surface area contributed by atoms with Crippen LogP contribution >= 0.6 is 11.6 Å². The van der Waals surface area contributed by atoms with E-state index in [9.17, 15) is 4.79 Å². The topological polar surface area (TPSA) is 17.1 Å². The van der Waals surface area contributed by atoms with Gasteiger partial charge in [0.25, 0.3) is 5.24 Å². The van der Waals surface area contributed by atoms with Crippen LogP contribution < -0.4 is 0 Å². The van der Waals surface area contributed by atoms with Crippen LogP contribution in [0.25, 0.3) is 0 Å². The van der Waals surface area contributed by atoms with Crippen LogP contribution in [0.1, 0.15) is 15.9 Å². The van der Waals surface area contributed by atoms with Crippen LogP contribution in [-0.2, 0) is 6.32 Å². The summed E-state index contributed by atoms with van der Waals surface area (Å²) in [4.78, 5) is 10.8. The molecule has 0 bridgehead atoms. The maximum atomic E-state index is 10.8. The van der Waals surface area contributed by atoms with Gasteiger partial charge >= 0.3 is 0 Å². The molecule has 0 unspecified atom stereocenters. The SMILES string of the molecule is CBCc1cccc(C(=O)Cl)c1.